The Morgan fingerprint density at radius 3 is 2.12 bits per heavy atom. The average Bonchev–Trinajstić information content (AvgIpc) is 2.78. The maximum atomic E-state index is 12.3. The van der Waals surface area contributed by atoms with Crippen molar-refractivity contribution in [2.24, 2.45) is 11.7 Å². The van der Waals surface area contributed by atoms with Crippen LogP contribution in [-0.4, -0.2) is 57.2 Å². The molecule has 0 bridgehead atoms. The Morgan fingerprint density at radius 2 is 1.55 bits per heavy atom. The van der Waals surface area contributed by atoms with Gasteiger partial charge < -0.3 is 34.2 Å². The summed E-state index contributed by atoms with van der Waals surface area (Å²) in [4.78, 5) is 47.1. The normalized spacial score (nSPS) is 13.2. The van der Waals surface area contributed by atoms with E-state index in [-0.39, 0.29) is 36.4 Å². The molecule has 33 heavy (non-hydrogen) atoms. The number of benzene rings is 1. The number of carbonyl (C=O) groups is 4. The molecule has 0 saturated carbocycles. The summed E-state index contributed by atoms with van der Waals surface area (Å²) in [6.07, 6.45) is -1.15. The van der Waals surface area contributed by atoms with Crippen LogP contribution in [0.15, 0.2) is 18.2 Å². The summed E-state index contributed by atoms with van der Waals surface area (Å²) < 4.78 is 29.2. The van der Waals surface area contributed by atoms with Gasteiger partial charge in [-0.25, -0.2) is 9.59 Å². The van der Waals surface area contributed by atoms with Gasteiger partial charge in [-0.05, 0) is 37.5 Å². The molecule has 184 valence electrons. The molecule has 2 N–H and O–H groups in total. The highest BCUT2D eigenvalue weighted by Crippen LogP contribution is 2.29. The SMILES string of the molecule is CCCC(C)C(=O)OC[C@H](C)OC(=O)[C@@H](N)Cc1ccc(OC(=O)OC)c(OC(=O)OC)c1. The van der Waals surface area contributed by atoms with Crippen LogP contribution in [0.3, 0.4) is 0 Å². The van der Waals surface area contributed by atoms with Crippen LogP contribution in [0.25, 0.3) is 0 Å². The smallest absolute Gasteiger partial charge is 0.462 e. The summed E-state index contributed by atoms with van der Waals surface area (Å²) in [6.45, 7) is 5.25. The van der Waals surface area contributed by atoms with E-state index in [1.807, 2.05) is 6.92 Å². The van der Waals surface area contributed by atoms with Gasteiger partial charge >= 0.3 is 24.2 Å². The molecule has 0 aromatic heterocycles. The highest BCUT2D eigenvalue weighted by Gasteiger charge is 2.22. The molecule has 0 aliphatic carbocycles. The summed E-state index contributed by atoms with van der Waals surface area (Å²) in [7, 11) is 2.23. The van der Waals surface area contributed by atoms with Crippen molar-refractivity contribution >= 4 is 24.2 Å². The van der Waals surface area contributed by atoms with Crippen molar-refractivity contribution in [2.75, 3.05) is 20.8 Å². The van der Waals surface area contributed by atoms with Crippen molar-refractivity contribution in [3.63, 3.8) is 0 Å². The fraction of sp³-hybridized carbons (Fsp3) is 0.545. The van der Waals surface area contributed by atoms with Gasteiger partial charge in [0.1, 0.15) is 18.8 Å². The second-order valence-electron chi connectivity index (χ2n) is 7.27. The minimum atomic E-state index is -1.06. The van der Waals surface area contributed by atoms with Crippen LogP contribution in [0.5, 0.6) is 11.5 Å². The van der Waals surface area contributed by atoms with Crippen molar-refractivity contribution in [1.29, 1.82) is 0 Å². The lowest BCUT2D eigenvalue weighted by atomic mass is 10.1. The first-order valence-electron chi connectivity index (χ1n) is 10.4. The van der Waals surface area contributed by atoms with Gasteiger partial charge in [0.15, 0.2) is 11.5 Å². The maximum absolute atomic E-state index is 12.3. The molecule has 1 unspecified atom stereocenters. The fourth-order valence-corrected chi connectivity index (χ4v) is 2.66. The molecular formula is C22H31NO10. The maximum Gasteiger partial charge on any atom is 0.513 e. The monoisotopic (exact) mass is 469 g/mol. The number of esters is 2. The third-order valence-electron chi connectivity index (χ3n) is 4.39. The molecule has 0 spiro atoms. The van der Waals surface area contributed by atoms with Crippen LogP contribution in [0.1, 0.15) is 39.2 Å². The zero-order chi connectivity index (χ0) is 25.0. The number of hydrogen-bond donors (Lipinski definition) is 1. The molecule has 0 heterocycles. The van der Waals surface area contributed by atoms with Gasteiger partial charge in [-0.15, -0.1) is 0 Å². The van der Waals surface area contributed by atoms with E-state index in [1.165, 1.54) is 18.2 Å². The Balaban J connectivity index is 2.74. The van der Waals surface area contributed by atoms with Gasteiger partial charge in [0.05, 0.1) is 20.1 Å². The van der Waals surface area contributed by atoms with Gasteiger partial charge in [0.25, 0.3) is 0 Å². The lowest BCUT2D eigenvalue weighted by Crippen LogP contribution is -2.37. The van der Waals surface area contributed by atoms with Crippen LogP contribution in [0.4, 0.5) is 9.59 Å². The van der Waals surface area contributed by atoms with Gasteiger partial charge in [-0.1, -0.05) is 26.3 Å². The van der Waals surface area contributed by atoms with Gasteiger partial charge in [-0.2, -0.15) is 0 Å². The first kappa shape index (κ1) is 27.7. The van der Waals surface area contributed by atoms with E-state index in [1.54, 1.807) is 13.8 Å². The molecule has 0 saturated heterocycles. The van der Waals surface area contributed by atoms with E-state index in [0.29, 0.717) is 12.0 Å². The molecule has 1 aromatic rings. The van der Waals surface area contributed by atoms with Crippen LogP contribution in [0, 0.1) is 5.92 Å². The Bertz CT molecular complexity index is 825. The van der Waals surface area contributed by atoms with Crippen LogP contribution < -0.4 is 15.2 Å². The van der Waals surface area contributed by atoms with Crippen LogP contribution >= 0.6 is 0 Å². The van der Waals surface area contributed by atoms with E-state index in [0.717, 1.165) is 20.6 Å². The van der Waals surface area contributed by atoms with Crippen molar-refractivity contribution in [2.45, 2.75) is 52.2 Å². The van der Waals surface area contributed by atoms with E-state index in [2.05, 4.69) is 9.47 Å². The van der Waals surface area contributed by atoms with Crippen molar-refractivity contribution < 1.29 is 47.6 Å². The number of methoxy groups -OCH3 is 2. The molecule has 0 aliphatic heterocycles. The van der Waals surface area contributed by atoms with Gasteiger partial charge in [0.2, 0.25) is 0 Å². The molecule has 1 aromatic carbocycles. The van der Waals surface area contributed by atoms with Crippen molar-refractivity contribution in [1.82, 2.24) is 0 Å². The second kappa shape index (κ2) is 13.9. The van der Waals surface area contributed by atoms with E-state index in [9.17, 15) is 19.2 Å². The number of nitrogens with two attached hydrogens (primary N) is 1. The summed E-state index contributed by atoms with van der Waals surface area (Å²) in [6, 6.07) is 3.18. The fourth-order valence-electron chi connectivity index (χ4n) is 2.66. The van der Waals surface area contributed by atoms with Crippen LogP contribution in [0.2, 0.25) is 0 Å². The summed E-state index contributed by atoms with van der Waals surface area (Å²) in [5.41, 5.74) is 6.43. The van der Waals surface area contributed by atoms with E-state index in [4.69, 9.17) is 24.7 Å². The number of carbonyl (C=O) groups excluding carboxylic acids is 4. The third kappa shape index (κ3) is 9.77. The molecule has 1 rings (SSSR count). The van der Waals surface area contributed by atoms with E-state index < -0.39 is 30.4 Å². The predicted octanol–water partition coefficient (Wildman–Crippen LogP) is 2.76. The van der Waals surface area contributed by atoms with Crippen LogP contribution in [-0.2, 0) is 35.0 Å². The minimum Gasteiger partial charge on any atom is -0.462 e. The Hall–Kier alpha value is -3.34. The number of rotatable bonds is 11. The standard InChI is InChI=1S/C22H31NO10/c1-6-7-13(2)19(24)30-12-14(3)31-20(25)16(23)10-15-8-9-17(32-21(26)28-4)18(11-15)33-22(27)29-5/h8-9,11,13-14,16H,6-7,10,12,23H2,1-5H3/t13?,14-,16-/m0/s1. The Morgan fingerprint density at radius 1 is 0.939 bits per heavy atom. The summed E-state index contributed by atoms with van der Waals surface area (Å²) in [5.74, 6) is -1.51. The van der Waals surface area contributed by atoms with Crippen molar-refractivity contribution in [3.05, 3.63) is 23.8 Å². The largest absolute Gasteiger partial charge is 0.513 e. The molecule has 0 fully saturated rings. The van der Waals surface area contributed by atoms with Crippen molar-refractivity contribution in [3.8, 4) is 11.5 Å². The zero-order valence-corrected chi connectivity index (χ0v) is 19.5. The molecule has 11 heteroatoms. The Labute approximate surface area is 192 Å². The molecule has 11 nitrogen and oxygen atoms in total. The number of ether oxygens (including phenoxy) is 6. The zero-order valence-electron chi connectivity index (χ0n) is 19.5. The molecule has 0 aliphatic rings. The lowest BCUT2D eigenvalue weighted by Gasteiger charge is -2.18. The quantitative estimate of drug-likeness (QED) is 0.289. The molecule has 0 amide bonds. The highest BCUT2D eigenvalue weighted by atomic mass is 16.7. The molecular weight excluding hydrogens is 438 g/mol. The molecule has 3 atom stereocenters. The number of hydrogen-bond acceptors (Lipinski definition) is 11. The first-order chi connectivity index (χ1) is 15.6. The summed E-state index contributed by atoms with van der Waals surface area (Å²) >= 11 is 0. The Kier molecular flexibility index (Phi) is 11.7. The second-order valence-corrected chi connectivity index (χ2v) is 7.27. The topological polar surface area (TPSA) is 150 Å². The molecule has 0 radical (unpaired) electrons. The summed E-state index contributed by atoms with van der Waals surface area (Å²) in [5, 5.41) is 0. The minimum absolute atomic E-state index is 0.0227. The first-order valence-corrected chi connectivity index (χ1v) is 10.4. The lowest BCUT2D eigenvalue weighted by molar-refractivity contribution is -0.161. The third-order valence-corrected chi connectivity index (χ3v) is 4.39. The van der Waals surface area contributed by atoms with Gasteiger partial charge in [0, 0.05) is 0 Å². The predicted molar refractivity (Wildman–Crippen MR) is 115 cm³/mol. The van der Waals surface area contributed by atoms with Gasteiger partial charge in [-0.3, -0.25) is 9.59 Å². The average molecular weight is 469 g/mol. The van der Waals surface area contributed by atoms with E-state index >= 15 is 0 Å². The highest BCUT2D eigenvalue weighted by molar-refractivity contribution is 5.76.